The highest BCUT2D eigenvalue weighted by Gasteiger charge is 2.29. The van der Waals surface area contributed by atoms with Gasteiger partial charge in [-0.25, -0.2) is 0 Å². The van der Waals surface area contributed by atoms with Crippen LogP contribution in [-0.2, 0) is 4.74 Å². The molecule has 0 spiro atoms. The summed E-state index contributed by atoms with van der Waals surface area (Å²) in [6.45, 7) is 8.64. The fourth-order valence-electron chi connectivity index (χ4n) is 3.34. The van der Waals surface area contributed by atoms with E-state index in [0.29, 0.717) is 0 Å². The van der Waals surface area contributed by atoms with Gasteiger partial charge >= 0.3 is 0 Å². The summed E-state index contributed by atoms with van der Waals surface area (Å²) in [6.07, 6.45) is 9.03. The zero-order valence-electron chi connectivity index (χ0n) is 14.5. The van der Waals surface area contributed by atoms with Gasteiger partial charge in [-0.1, -0.05) is 12.8 Å². The van der Waals surface area contributed by atoms with Crippen molar-refractivity contribution in [1.82, 2.24) is 15.5 Å². The van der Waals surface area contributed by atoms with Crippen LogP contribution in [0, 0.1) is 0 Å². The fraction of sp³-hybridized carbons (Fsp3) is 0.941. The summed E-state index contributed by atoms with van der Waals surface area (Å²) in [7, 11) is 1.84. The van der Waals surface area contributed by atoms with Crippen LogP contribution in [0.2, 0.25) is 0 Å². The van der Waals surface area contributed by atoms with Crippen LogP contribution in [0.15, 0.2) is 4.99 Å². The minimum Gasteiger partial charge on any atom is -0.373 e. The van der Waals surface area contributed by atoms with E-state index in [-0.39, 0.29) is 5.60 Å². The molecule has 0 aromatic heterocycles. The first kappa shape index (κ1) is 17.5. The number of ether oxygens (including phenoxy) is 1. The second kappa shape index (κ2) is 9.36. The Bertz CT molecular complexity index is 332. The molecule has 0 aromatic carbocycles. The molecule has 2 saturated heterocycles. The number of aliphatic imine (C=N–C) groups is 1. The van der Waals surface area contributed by atoms with E-state index in [1.54, 1.807) is 0 Å². The van der Waals surface area contributed by atoms with Crippen LogP contribution in [0.25, 0.3) is 0 Å². The maximum Gasteiger partial charge on any atom is 0.191 e. The molecule has 2 heterocycles. The van der Waals surface area contributed by atoms with Crippen LogP contribution in [0.5, 0.6) is 0 Å². The molecule has 0 bridgehead atoms. The molecule has 0 saturated carbocycles. The van der Waals surface area contributed by atoms with Gasteiger partial charge < -0.3 is 20.3 Å². The Morgan fingerprint density at radius 3 is 2.55 bits per heavy atom. The first-order chi connectivity index (χ1) is 10.7. The topological polar surface area (TPSA) is 48.9 Å². The molecule has 0 radical (unpaired) electrons. The number of hydrogen-bond donors (Lipinski definition) is 2. The van der Waals surface area contributed by atoms with E-state index < -0.39 is 0 Å². The van der Waals surface area contributed by atoms with Crippen molar-refractivity contribution >= 4 is 5.96 Å². The van der Waals surface area contributed by atoms with Gasteiger partial charge in [-0.3, -0.25) is 4.99 Å². The summed E-state index contributed by atoms with van der Waals surface area (Å²) in [4.78, 5) is 6.91. The maximum absolute atomic E-state index is 5.80. The minimum atomic E-state index is -0.0241. The van der Waals surface area contributed by atoms with E-state index in [2.05, 4.69) is 27.4 Å². The molecule has 2 rings (SSSR count). The standard InChI is InChI=1S/C17H34N4O/c1-17(9-7-14-22-17)15-20-16(18-2)19-10-8-13-21-11-5-3-4-6-12-21/h3-15H2,1-2H3,(H2,18,19,20). The second-order valence-corrected chi connectivity index (χ2v) is 6.86. The Morgan fingerprint density at radius 2 is 1.91 bits per heavy atom. The molecule has 5 heteroatoms. The van der Waals surface area contributed by atoms with Crippen LogP contribution in [-0.4, -0.2) is 62.8 Å². The van der Waals surface area contributed by atoms with Gasteiger partial charge in [0.15, 0.2) is 5.96 Å². The molecule has 1 unspecified atom stereocenters. The number of nitrogens with one attached hydrogen (secondary N) is 2. The molecule has 0 aromatic rings. The average molecular weight is 310 g/mol. The van der Waals surface area contributed by atoms with Crippen molar-refractivity contribution in [2.45, 2.75) is 57.5 Å². The Balaban J connectivity index is 1.57. The van der Waals surface area contributed by atoms with Crippen molar-refractivity contribution in [3.8, 4) is 0 Å². The van der Waals surface area contributed by atoms with Crippen molar-refractivity contribution in [2.75, 3.05) is 46.4 Å². The number of rotatable bonds is 6. The lowest BCUT2D eigenvalue weighted by molar-refractivity contribution is 0.0243. The molecule has 22 heavy (non-hydrogen) atoms. The molecule has 128 valence electrons. The van der Waals surface area contributed by atoms with Gasteiger partial charge in [0, 0.05) is 26.7 Å². The first-order valence-electron chi connectivity index (χ1n) is 9.03. The number of guanidine groups is 1. The smallest absolute Gasteiger partial charge is 0.191 e. The lowest BCUT2D eigenvalue weighted by atomic mass is 10.0. The normalized spacial score (nSPS) is 27.6. The Kier molecular flexibility index (Phi) is 7.46. The Morgan fingerprint density at radius 1 is 1.14 bits per heavy atom. The number of hydrogen-bond acceptors (Lipinski definition) is 3. The zero-order chi connectivity index (χ0) is 15.7. The van der Waals surface area contributed by atoms with Gasteiger partial charge in [-0.2, -0.15) is 0 Å². The quantitative estimate of drug-likeness (QED) is 0.447. The van der Waals surface area contributed by atoms with Crippen LogP contribution >= 0.6 is 0 Å². The summed E-state index contributed by atoms with van der Waals surface area (Å²) in [6, 6.07) is 0. The van der Waals surface area contributed by atoms with Crippen LogP contribution < -0.4 is 10.6 Å². The average Bonchev–Trinajstić information content (AvgIpc) is 2.80. The van der Waals surface area contributed by atoms with Crippen LogP contribution in [0.3, 0.4) is 0 Å². The molecule has 2 aliphatic rings. The highest BCUT2D eigenvalue weighted by Crippen LogP contribution is 2.23. The summed E-state index contributed by atoms with van der Waals surface area (Å²) in [5.41, 5.74) is -0.0241. The van der Waals surface area contributed by atoms with E-state index in [4.69, 9.17) is 4.74 Å². The third kappa shape index (κ3) is 6.13. The monoisotopic (exact) mass is 310 g/mol. The van der Waals surface area contributed by atoms with E-state index >= 15 is 0 Å². The van der Waals surface area contributed by atoms with Crippen LogP contribution in [0.4, 0.5) is 0 Å². The summed E-state index contributed by atoms with van der Waals surface area (Å²) in [5, 5.41) is 6.82. The predicted octanol–water partition coefficient (Wildman–Crippen LogP) is 1.99. The van der Waals surface area contributed by atoms with Crippen LogP contribution in [0.1, 0.15) is 51.9 Å². The molecular weight excluding hydrogens is 276 g/mol. The summed E-state index contributed by atoms with van der Waals surface area (Å²) < 4.78 is 5.80. The molecule has 1 atom stereocenters. The predicted molar refractivity (Wildman–Crippen MR) is 92.5 cm³/mol. The van der Waals surface area contributed by atoms with Gasteiger partial charge in [0.25, 0.3) is 0 Å². The third-order valence-corrected chi connectivity index (χ3v) is 4.80. The van der Waals surface area contributed by atoms with E-state index in [1.807, 2.05) is 7.05 Å². The number of nitrogens with zero attached hydrogens (tertiary/aromatic N) is 2. The van der Waals surface area contributed by atoms with Crippen molar-refractivity contribution in [2.24, 2.45) is 4.99 Å². The van der Waals surface area contributed by atoms with Gasteiger partial charge in [0.05, 0.1) is 5.60 Å². The van der Waals surface area contributed by atoms with E-state index in [1.165, 1.54) is 58.2 Å². The molecule has 0 amide bonds. The zero-order valence-corrected chi connectivity index (χ0v) is 14.5. The number of likely N-dealkylation sites (tertiary alicyclic amines) is 1. The molecule has 2 aliphatic heterocycles. The summed E-state index contributed by atoms with van der Waals surface area (Å²) >= 11 is 0. The van der Waals surface area contributed by atoms with Crippen molar-refractivity contribution in [3.63, 3.8) is 0 Å². The van der Waals surface area contributed by atoms with E-state index in [9.17, 15) is 0 Å². The van der Waals surface area contributed by atoms with Crippen molar-refractivity contribution in [1.29, 1.82) is 0 Å². The summed E-state index contributed by atoms with van der Waals surface area (Å²) in [5.74, 6) is 0.896. The van der Waals surface area contributed by atoms with Gasteiger partial charge in [0.1, 0.15) is 0 Å². The Labute approximate surface area is 135 Å². The SMILES string of the molecule is CN=C(NCCCN1CCCCCC1)NCC1(C)CCCO1. The van der Waals surface area contributed by atoms with E-state index in [0.717, 1.165) is 32.1 Å². The maximum atomic E-state index is 5.80. The van der Waals surface area contributed by atoms with Gasteiger partial charge in [-0.15, -0.1) is 0 Å². The van der Waals surface area contributed by atoms with Crippen molar-refractivity contribution < 1.29 is 4.74 Å². The minimum absolute atomic E-state index is 0.0241. The van der Waals surface area contributed by atoms with Gasteiger partial charge in [-0.05, 0) is 58.7 Å². The molecular formula is C17H34N4O. The fourth-order valence-corrected chi connectivity index (χ4v) is 3.34. The van der Waals surface area contributed by atoms with Gasteiger partial charge in [0.2, 0.25) is 0 Å². The highest BCUT2D eigenvalue weighted by molar-refractivity contribution is 5.79. The molecule has 2 fully saturated rings. The second-order valence-electron chi connectivity index (χ2n) is 6.86. The largest absolute Gasteiger partial charge is 0.373 e. The molecule has 5 nitrogen and oxygen atoms in total. The highest BCUT2D eigenvalue weighted by atomic mass is 16.5. The van der Waals surface area contributed by atoms with Crippen molar-refractivity contribution in [3.05, 3.63) is 0 Å². The first-order valence-corrected chi connectivity index (χ1v) is 9.03. The lowest BCUT2D eigenvalue weighted by Crippen LogP contribution is -2.46. The third-order valence-electron chi connectivity index (χ3n) is 4.80. The molecule has 0 aliphatic carbocycles. The molecule has 2 N–H and O–H groups in total. The Hall–Kier alpha value is -0.810. The lowest BCUT2D eigenvalue weighted by Gasteiger charge is -2.25.